The lowest BCUT2D eigenvalue weighted by Crippen LogP contribution is -2.35. The fourth-order valence-corrected chi connectivity index (χ4v) is 1.62. The Hall–Kier alpha value is -0.0800. The molecule has 0 aliphatic carbocycles. The summed E-state index contributed by atoms with van der Waals surface area (Å²) in [5.74, 6) is 0. The molecule has 92 valence electrons. The largest absolute Gasteiger partial charge is 0.393 e. The van der Waals surface area contributed by atoms with E-state index in [1.807, 2.05) is 0 Å². The molecule has 0 radical (unpaired) electrons. The van der Waals surface area contributed by atoms with Crippen molar-refractivity contribution in [3.63, 3.8) is 0 Å². The lowest BCUT2D eigenvalue weighted by Gasteiger charge is -2.30. The SMILES string of the molecule is CCCC(C)N(C)CCC(O)C(C)(C)C. The molecule has 0 heterocycles. The Labute approximate surface area is 95.7 Å². The first kappa shape index (κ1) is 14.9. The predicted molar refractivity (Wildman–Crippen MR) is 67.1 cm³/mol. The van der Waals surface area contributed by atoms with Crippen LogP contribution in [0.1, 0.15) is 53.9 Å². The fraction of sp³-hybridized carbons (Fsp3) is 1.00. The van der Waals surface area contributed by atoms with Crippen LogP contribution in [0.15, 0.2) is 0 Å². The third kappa shape index (κ3) is 6.16. The maximum atomic E-state index is 9.92. The van der Waals surface area contributed by atoms with E-state index in [1.54, 1.807) is 0 Å². The summed E-state index contributed by atoms with van der Waals surface area (Å²) in [6.45, 7) is 11.7. The minimum Gasteiger partial charge on any atom is -0.393 e. The summed E-state index contributed by atoms with van der Waals surface area (Å²) in [5, 5.41) is 9.92. The van der Waals surface area contributed by atoms with Crippen molar-refractivity contribution in [1.29, 1.82) is 0 Å². The molecule has 0 aliphatic rings. The molecular formula is C13H29NO. The monoisotopic (exact) mass is 215 g/mol. The molecule has 1 N–H and O–H groups in total. The quantitative estimate of drug-likeness (QED) is 0.736. The predicted octanol–water partition coefficient (Wildman–Crippen LogP) is 2.90. The number of hydrogen-bond acceptors (Lipinski definition) is 2. The van der Waals surface area contributed by atoms with E-state index < -0.39 is 0 Å². The van der Waals surface area contributed by atoms with Crippen LogP contribution in [0.5, 0.6) is 0 Å². The first-order valence-corrected chi connectivity index (χ1v) is 6.17. The minimum atomic E-state index is -0.200. The number of nitrogens with zero attached hydrogens (tertiary/aromatic N) is 1. The van der Waals surface area contributed by atoms with E-state index in [0.29, 0.717) is 6.04 Å². The molecule has 2 unspecified atom stereocenters. The van der Waals surface area contributed by atoms with Gasteiger partial charge in [0.25, 0.3) is 0 Å². The molecule has 0 aromatic carbocycles. The average molecular weight is 215 g/mol. The summed E-state index contributed by atoms with van der Waals surface area (Å²) in [7, 11) is 2.15. The van der Waals surface area contributed by atoms with Crippen molar-refractivity contribution in [2.24, 2.45) is 5.41 Å². The van der Waals surface area contributed by atoms with Gasteiger partial charge in [-0.15, -0.1) is 0 Å². The van der Waals surface area contributed by atoms with Gasteiger partial charge in [0, 0.05) is 12.6 Å². The molecule has 2 heteroatoms. The number of rotatable bonds is 6. The van der Waals surface area contributed by atoms with Crippen LogP contribution < -0.4 is 0 Å². The second kappa shape index (κ2) is 6.49. The third-order valence-electron chi connectivity index (χ3n) is 3.21. The Morgan fingerprint density at radius 3 is 2.13 bits per heavy atom. The van der Waals surface area contributed by atoms with Gasteiger partial charge in [-0.1, -0.05) is 34.1 Å². The van der Waals surface area contributed by atoms with Gasteiger partial charge in [0.05, 0.1) is 6.10 Å². The number of hydrogen-bond donors (Lipinski definition) is 1. The van der Waals surface area contributed by atoms with Crippen LogP contribution in [0.2, 0.25) is 0 Å². The minimum absolute atomic E-state index is 0.00876. The second-order valence-corrected chi connectivity index (χ2v) is 5.79. The first-order chi connectivity index (χ1) is 6.79. The highest BCUT2D eigenvalue weighted by molar-refractivity contribution is 4.74. The molecule has 2 nitrogen and oxygen atoms in total. The molecule has 0 rings (SSSR count). The van der Waals surface area contributed by atoms with Crippen LogP contribution in [-0.2, 0) is 0 Å². The summed E-state index contributed by atoms with van der Waals surface area (Å²) in [5.41, 5.74) is 0.00876. The van der Waals surface area contributed by atoms with Crippen molar-refractivity contribution < 1.29 is 5.11 Å². The number of aliphatic hydroxyl groups excluding tert-OH is 1. The average Bonchev–Trinajstić information content (AvgIpc) is 2.12. The second-order valence-electron chi connectivity index (χ2n) is 5.79. The van der Waals surface area contributed by atoms with E-state index >= 15 is 0 Å². The van der Waals surface area contributed by atoms with Crippen LogP contribution >= 0.6 is 0 Å². The molecule has 0 amide bonds. The molecule has 15 heavy (non-hydrogen) atoms. The van der Waals surface area contributed by atoms with Gasteiger partial charge >= 0.3 is 0 Å². The number of aliphatic hydroxyl groups is 1. The van der Waals surface area contributed by atoms with Crippen molar-refractivity contribution >= 4 is 0 Å². The summed E-state index contributed by atoms with van der Waals surface area (Å²) in [6, 6.07) is 0.627. The van der Waals surface area contributed by atoms with Crippen LogP contribution in [-0.4, -0.2) is 35.7 Å². The molecule has 0 aromatic heterocycles. The van der Waals surface area contributed by atoms with Gasteiger partial charge in [-0.05, 0) is 32.2 Å². The maximum Gasteiger partial charge on any atom is 0.0600 e. The Bertz CT molecular complexity index is 162. The summed E-state index contributed by atoms with van der Waals surface area (Å²) >= 11 is 0. The molecule has 2 atom stereocenters. The zero-order valence-electron chi connectivity index (χ0n) is 11.4. The van der Waals surface area contributed by atoms with Gasteiger partial charge < -0.3 is 10.0 Å². The van der Waals surface area contributed by atoms with Crippen LogP contribution in [0.3, 0.4) is 0 Å². The lowest BCUT2D eigenvalue weighted by atomic mass is 9.87. The lowest BCUT2D eigenvalue weighted by molar-refractivity contribution is 0.0444. The van der Waals surface area contributed by atoms with Crippen LogP contribution in [0, 0.1) is 5.41 Å². The Kier molecular flexibility index (Phi) is 6.46. The standard InChI is InChI=1S/C13H29NO/c1-7-8-11(2)14(6)10-9-12(15)13(3,4)5/h11-12,15H,7-10H2,1-6H3. The van der Waals surface area contributed by atoms with Gasteiger partial charge in [-0.25, -0.2) is 0 Å². The molecule has 0 spiro atoms. The van der Waals surface area contributed by atoms with E-state index in [-0.39, 0.29) is 11.5 Å². The molecule has 0 saturated heterocycles. The fourth-order valence-electron chi connectivity index (χ4n) is 1.62. The van der Waals surface area contributed by atoms with E-state index in [1.165, 1.54) is 12.8 Å². The maximum absolute atomic E-state index is 9.92. The zero-order valence-corrected chi connectivity index (χ0v) is 11.4. The van der Waals surface area contributed by atoms with Gasteiger partial charge in [-0.2, -0.15) is 0 Å². The molecule has 0 aromatic rings. The highest BCUT2D eigenvalue weighted by atomic mass is 16.3. The van der Waals surface area contributed by atoms with Gasteiger partial charge in [-0.3, -0.25) is 0 Å². The first-order valence-electron chi connectivity index (χ1n) is 6.17. The van der Waals surface area contributed by atoms with Gasteiger partial charge in [0.2, 0.25) is 0 Å². The molecule has 0 fully saturated rings. The van der Waals surface area contributed by atoms with Gasteiger partial charge in [0.1, 0.15) is 0 Å². The summed E-state index contributed by atoms with van der Waals surface area (Å²) < 4.78 is 0. The smallest absolute Gasteiger partial charge is 0.0600 e. The normalized spacial score (nSPS) is 16.8. The van der Waals surface area contributed by atoms with Crippen molar-refractivity contribution in [1.82, 2.24) is 4.90 Å². The van der Waals surface area contributed by atoms with E-state index in [0.717, 1.165) is 13.0 Å². The van der Waals surface area contributed by atoms with Crippen molar-refractivity contribution in [3.05, 3.63) is 0 Å². The zero-order chi connectivity index (χ0) is 12.1. The molecule has 0 aliphatic heterocycles. The summed E-state index contributed by atoms with van der Waals surface area (Å²) in [6.07, 6.45) is 3.14. The molecular weight excluding hydrogens is 186 g/mol. The molecule has 0 saturated carbocycles. The third-order valence-corrected chi connectivity index (χ3v) is 3.21. The van der Waals surface area contributed by atoms with Gasteiger partial charge in [0.15, 0.2) is 0 Å². The topological polar surface area (TPSA) is 23.5 Å². The molecule has 0 bridgehead atoms. The van der Waals surface area contributed by atoms with Crippen molar-refractivity contribution in [3.8, 4) is 0 Å². The Morgan fingerprint density at radius 1 is 1.20 bits per heavy atom. The van der Waals surface area contributed by atoms with Crippen LogP contribution in [0.4, 0.5) is 0 Å². The highest BCUT2D eigenvalue weighted by Crippen LogP contribution is 2.21. The Morgan fingerprint density at radius 2 is 1.73 bits per heavy atom. The van der Waals surface area contributed by atoms with Crippen LogP contribution in [0.25, 0.3) is 0 Å². The summed E-state index contributed by atoms with van der Waals surface area (Å²) in [4.78, 5) is 2.35. The van der Waals surface area contributed by atoms with Crippen molar-refractivity contribution in [2.45, 2.75) is 66.0 Å². The van der Waals surface area contributed by atoms with Crippen molar-refractivity contribution in [2.75, 3.05) is 13.6 Å². The van der Waals surface area contributed by atoms with E-state index in [4.69, 9.17) is 0 Å². The Balaban J connectivity index is 3.85. The van der Waals surface area contributed by atoms with E-state index in [9.17, 15) is 5.11 Å². The highest BCUT2D eigenvalue weighted by Gasteiger charge is 2.22. The van der Waals surface area contributed by atoms with E-state index in [2.05, 4.69) is 46.6 Å².